The monoisotopic (exact) mass is 362 g/mol. The Morgan fingerprint density at radius 2 is 1.92 bits per heavy atom. The highest BCUT2D eigenvalue weighted by Gasteiger charge is 2.43. The van der Waals surface area contributed by atoms with E-state index in [9.17, 15) is 4.79 Å². The van der Waals surface area contributed by atoms with Crippen LogP contribution in [0.5, 0.6) is 5.75 Å². The summed E-state index contributed by atoms with van der Waals surface area (Å²) in [6, 6.07) is 3.98. The molecule has 3 rings (SSSR count). The molecule has 6 heteroatoms. The van der Waals surface area contributed by atoms with E-state index in [2.05, 4.69) is 4.98 Å². The number of carbonyl (C=O) groups is 1. The lowest BCUT2D eigenvalue weighted by Gasteiger charge is -2.45. The topological polar surface area (TPSA) is 60.9 Å². The van der Waals surface area contributed by atoms with Crippen molar-refractivity contribution < 1.29 is 19.0 Å². The van der Waals surface area contributed by atoms with E-state index in [1.54, 1.807) is 6.20 Å². The lowest BCUT2D eigenvalue weighted by atomic mass is 9.90. The number of ether oxygens (including phenoxy) is 3. The van der Waals surface area contributed by atoms with Gasteiger partial charge in [-0.1, -0.05) is 0 Å². The molecule has 1 aromatic heterocycles. The zero-order chi connectivity index (χ0) is 18.7. The van der Waals surface area contributed by atoms with Crippen molar-refractivity contribution in [2.24, 2.45) is 0 Å². The van der Waals surface area contributed by atoms with Gasteiger partial charge in [-0.05, 0) is 40.2 Å². The largest absolute Gasteiger partial charge is 0.485 e. The first-order valence-corrected chi connectivity index (χ1v) is 9.59. The first-order chi connectivity index (χ1) is 12.4. The quantitative estimate of drug-likeness (QED) is 0.779. The summed E-state index contributed by atoms with van der Waals surface area (Å²) < 4.78 is 17.7. The van der Waals surface area contributed by atoms with Crippen molar-refractivity contribution in [3.8, 4) is 5.75 Å². The average Bonchev–Trinajstić information content (AvgIpc) is 2.53. The van der Waals surface area contributed by atoms with Crippen LogP contribution in [0.3, 0.4) is 0 Å². The van der Waals surface area contributed by atoms with E-state index < -0.39 is 0 Å². The molecule has 1 aliphatic carbocycles. The van der Waals surface area contributed by atoms with E-state index in [0.717, 1.165) is 19.3 Å². The second kappa shape index (κ2) is 7.92. The molecule has 6 nitrogen and oxygen atoms in total. The molecule has 1 aliphatic heterocycles. The molecule has 0 atom stereocenters. The van der Waals surface area contributed by atoms with Gasteiger partial charge in [0.1, 0.15) is 11.9 Å². The van der Waals surface area contributed by atoms with Crippen molar-refractivity contribution in [2.75, 3.05) is 13.2 Å². The Labute approximate surface area is 155 Å². The van der Waals surface area contributed by atoms with Crippen LogP contribution in [-0.2, 0) is 20.7 Å². The SMILES string of the molecule is CC(C)N(C(=O)Cc1cc(OC2COC3(CCC3)OC2)ccn1)C(C)C. The van der Waals surface area contributed by atoms with Gasteiger partial charge in [-0.25, -0.2) is 0 Å². The zero-order valence-corrected chi connectivity index (χ0v) is 16.2. The van der Waals surface area contributed by atoms with Gasteiger partial charge in [0.25, 0.3) is 0 Å². The summed E-state index contributed by atoms with van der Waals surface area (Å²) in [5.74, 6) is 0.438. The Hall–Kier alpha value is -1.66. The summed E-state index contributed by atoms with van der Waals surface area (Å²) in [6.07, 6.45) is 4.94. The Morgan fingerprint density at radius 1 is 1.27 bits per heavy atom. The van der Waals surface area contributed by atoms with E-state index in [4.69, 9.17) is 14.2 Å². The van der Waals surface area contributed by atoms with Crippen molar-refractivity contribution in [2.45, 2.75) is 77.4 Å². The fourth-order valence-electron chi connectivity index (χ4n) is 3.64. The maximum atomic E-state index is 12.6. The molecule has 0 radical (unpaired) electrons. The molecule has 2 aliphatic rings. The van der Waals surface area contributed by atoms with Crippen LogP contribution in [-0.4, -0.2) is 53.0 Å². The standard InChI is InChI=1S/C20H30N2O4/c1-14(2)22(15(3)4)19(23)11-16-10-17(6-9-21-16)26-18-12-24-20(25-13-18)7-5-8-20/h6,9-10,14-15,18H,5,7-8,11-13H2,1-4H3. The van der Waals surface area contributed by atoms with Crippen molar-refractivity contribution in [1.82, 2.24) is 9.88 Å². The van der Waals surface area contributed by atoms with Crippen molar-refractivity contribution in [3.63, 3.8) is 0 Å². The predicted molar refractivity (Wildman–Crippen MR) is 98.0 cm³/mol. The Balaban J connectivity index is 1.57. The summed E-state index contributed by atoms with van der Waals surface area (Å²) in [4.78, 5) is 18.8. The van der Waals surface area contributed by atoms with Crippen LogP contribution in [0.4, 0.5) is 0 Å². The van der Waals surface area contributed by atoms with E-state index in [-0.39, 0.29) is 36.3 Å². The normalized spacial score (nSPS) is 19.6. The van der Waals surface area contributed by atoms with Gasteiger partial charge in [0, 0.05) is 37.2 Å². The highest BCUT2D eigenvalue weighted by molar-refractivity contribution is 5.79. The number of hydrogen-bond acceptors (Lipinski definition) is 5. The number of aromatic nitrogens is 1. The molecule has 0 unspecified atom stereocenters. The lowest BCUT2D eigenvalue weighted by molar-refractivity contribution is -0.320. The zero-order valence-electron chi connectivity index (χ0n) is 16.2. The lowest BCUT2D eigenvalue weighted by Crippen LogP contribution is -2.52. The van der Waals surface area contributed by atoms with E-state index in [1.807, 2.05) is 44.7 Å². The molecule has 144 valence electrons. The van der Waals surface area contributed by atoms with Gasteiger partial charge in [-0.2, -0.15) is 0 Å². The molecule has 0 N–H and O–H groups in total. The highest BCUT2D eigenvalue weighted by Crippen LogP contribution is 2.39. The summed E-state index contributed by atoms with van der Waals surface area (Å²) in [5.41, 5.74) is 0.715. The molecular formula is C20H30N2O4. The fraction of sp³-hybridized carbons (Fsp3) is 0.700. The molecule has 1 saturated heterocycles. The van der Waals surface area contributed by atoms with E-state index in [1.165, 1.54) is 0 Å². The minimum absolute atomic E-state index is 0.0795. The molecule has 1 saturated carbocycles. The smallest absolute Gasteiger partial charge is 0.229 e. The van der Waals surface area contributed by atoms with Crippen LogP contribution in [0.15, 0.2) is 18.3 Å². The van der Waals surface area contributed by atoms with E-state index >= 15 is 0 Å². The average molecular weight is 362 g/mol. The van der Waals surface area contributed by atoms with Crippen molar-refractivity contribution in [3.05, 3.63) is 24.0 Å². The second-order valence-corrected chi connectivity index (χ2v) is 7.77. The minimum Gasteiger partial charge on any atom is -0.485 e. The van der Waals surface area contributed by atoms with Gasteiger partial charge < -0.3 is 19.1 Å². The Bertz CT molecular complexity index is 610. The second-order valence-electron chi connectivity index (χ2n) is 7.77. The number of pyridine rings is 1. The third-order valence-electron chi connectivity index (χ3n) is 5.00. The number of carbonyl (C=O) groups excluding carboxylic acids is 1. The van der Waals surface area contributed by atoms with Gasteiger partial charge in [-0.3, -0.25) is 9.78 Å². The number of amides is 1. The molecule has 26 heavy (non-hydrogen) atoms. The maximum absolute atomic E-state index is 12.6. The molecule has 1 amide bonds. The maximum Gasteiger partial charge on any atom is 0.229 e. The molecule has 2 fully saturated rings. The summed E-state index contributed by atoms with van der Waals surface area (Å²) >= 11 is 0. The molecule has 1 aromatic rings. The molecule has 1 spiro atoms. The summed E-state index contributed by atoms with van der Waals surface area (Å²) in [6.45, 7) is 9.19. The van der Waals surface area contributed by atoms with Crippen LogP contribution < -0.4 is 4.74 Å². The van der Waals surface area contributed by atoms with E-state index in [0.29, 0.717) is 24.7 Å². The Kier molecular flexibility index (Phi) is 5.82. The first-order valence-electron chi connectivity index (χ1n) is 9.59. The van der Waals surface area contributed by atoms with Crippen LogP contribution in [0.25, 0.3) is 0 Å². The number of nitrogens with zero attached hydrogens (tertiary/aromatic N) is 2. The summed E-state index contributed by atoms with van der Waals surface area (Å²) in [5, 5.41) is 0. The van der Waals surface area contributed by atoms with Gasteiger partial charge in [0.2, 0.25) is 5.91 Å². The van der Waals surface area contributed by atoms with Gasteiger partial charge in [-0.15, -0.1) is 0 Å². The number of hydrogen-bond donors (Lipinski definition) is 0. The van der Waals surface area contributed by atoms with Crippen LogP contribution in [0.2, 0.25) is 0 Å². The molecule has 0 bridgehead atoms. The highest BCUT2D eigenvalue weighted by atomic mass is 16.7. The van der Waals surface area contributed by atoms with Crippen LogP contribution >= 0.6 is 0 Å². The first kappa shape index (κ1) is 19.1. The van der Waals surface area contributed by atoms with Crippen LogP contribution in [0, 0.1) is 0 Å². The predicted octanol–water partition coefficient (Wildman–Crippen LogP) is 2.94. The summed E-state index contributed by atoms with van der Waals surface area (Å²) in [7, 11) is 0. The third-order valence-corrected chi connectivity index (χ3v) is 5.00. The molecule has 0 aromatic carbocycles. The molecular weight excluding hydrogens is 332 g/mol. The fourth-order valence-corrected chi connectivity index (χ4v) is 3.64. The third kappa shape index (κ3) is 4.35. The Morgan fingerprint density at radius 3 is 2.46 bits per heavy atom. The van der Waals surface area contributed by atoms with Crippen molar-refractivity contribution in [1.29, 1.82) is 0 Å². The minimum atomic E-state index is -0.340. The van der Waals surface area contributed by atoms with Gasteiger partial charge in [0.15, 0.2) is 5.79 Å². The van der Waals surface area contributed by atoms with Crippen molar-refractivity contribution >= 4 is 5.91 Å². The molecule has 2 heterocycles. The van der Waals surface area contributed by atoms with Gasteiger partial charge in [0.05, 0.1) is 25.3 Å². The van der Waals surface area contributed by atoms with Gasteiger partial charge >= 0.3 is 0 Å². The van der Waals surface area contributed by atoms with Crippen LogP contribution in [0.1, 0.15) is 52.7 Å². The number of rotatable bonds is 6.